The average Bonchev–Trinajstić information content (AvgIpc) is 2.69. The van der Waals surface area contributed by atoms with Crippen LogP contribution >= 0.6 is 0 Å². The van der Waals surface area contributed by atoms with Crippen LogP contribution in [-0.2, 0) is 6.54 Å². The number of rotatable bonds is 5. The van der Waals surface area contributed by atoms with Crippen LogP contribution in [0, 0.1) is 19.7 Å². The third-order valence-electron chi connectivity index (χ3n) is 2.95. The summed E-state index contributed by atoms with van der Waals surface area (Å²) in [6.07, 6.45) is -0.890. The molecule has 0 amide bonds. The van der Waals surface area contributed by atoms with Crippen molar-refractivity contribution in [2.24, 2.45) is 0 Å². The standard InChI is InChI=1S/C14H17FN2O2/c1-9-10(2)19-14(17-9)8-16-7-13(18)11-5-3-4-6-12(11)15/h3-6,13,16,18H,7-8H2,1-2H3. The number of aliphatic hydroxyl groups excluding tert-OH is 1. The first-order valence-corrected chi connectivity index (χ1v) is 6.14. The summed E-state index contributed by atoms with van der Waals surface area (Å²) < 4.78 is 18.8. The Morgan fingerprint density at radius 2 is 2.11 bits per heavy atom. The highest BCUT2D eigenvalue weighted by atomic mass is 19.1. The molecule has 1 heterocycles. The van der Waals surface area contributed by atoms with E-state index in [9.17, 15) is 9.50 Å². The van der Waals surface area contributed by atoms with Crippen molar-refractivity contribution in [3.8, 4) is 0 Å². The Kier molecular flexibility index (Phi) is 4.29. The van der Waals surface area contributed by atoms with E-state index >= 15 is 0 Å². The minimum absolute atomic E-state index is 0.238. The van der Waals surface area contributed by atoms with E-state index in [1.54, 1.807) is 18.2 Å². The summed E-state index contributed by atoms with van der Waals surface area (Å²) in [5, 5.41) is 12.9. The molecule has 0 radical (unpaired) electrons. The summed E-state index contributed by atoms with van der Waals surface area (Å²) in [5.74, 6) is 0.946. The lowest BCUT2D eigenvalue weighted by molar-refractivity contribution is 0.168. The zero-order chi connectivity index (χ0) is 13.8. The highest BCUT2D eigenvalue weighted by Gasteiger charge is 2.12. The summed E-state index contributed by atoms with van der Waals surface area (Å²) in [4.78, 5) is 4.21. The fourth-order valence-electron chi connectivity index (χ4n) is 1.79. The predicted molar refractivity (Wildman–Crippen MR) is 69.0 cm³/mol. The van der Waals surface area contributed by atoms with Gasteiger partial charge < -0.3 is 14.8 Å². The second kappa shape index (κ2) is 5.95. The van der Waals surface area contributed by atoms with Gasteiger partial charge in [-0.1, -0.05) is 18.2 Å². The number of aromatic nitrogens is 1. The fraction of sp³-hybridized carbons (Fsp3) is 0.357. The quantitative estimate of drug-likeness (QED) is 0.869. The van der Waals surface area contributed by atoms with Crippen molar-refractivity contribution >= 4 is 0 Å². The zero-order valence-corrected chi connectivity index (χ0v) is 11.0. The van der Waals surface area contributed by atoms with E-state index in [-0.39, 0.29) is 12.1 Å². The second-order valence-electron chi connectivity index (χ2n) is 4.42. The van der Waals surface area contributed by atoms with Crippen molar-refractivity contribution in [1.29, 1.82) is 0 Å². The number of halogens is 1. The normalized spacial score (nSPS) is 12.6. The van der Waals surface area contributed by atoms with Gasteiger partial charge in [-0.25, -0.2) is 9.37 Å². The predicted octanol–water partition coefficient (Wildman–Crippen LogP) is 2.25. The van der Waals surface area contributed by atoms with Gasteiger partial charge in [0.25, 0.3) is 0 Å². The molecule has 0 saturated heterocycles. The molecule has 1 aromatic carbocycles. The maximum Gasteiger partial charge on any atom is 0.208 e. The molecule has 1 unspecified atom stereocenters. The number of hydrogen-bond donors (Lipinski definition) is 2. The number of hydrogen-bond acceptors (Lipinski definition) is 4. The molecular weight excluding hydrogens is 247 g/mol. The van der Waals surface area contributed by atoms with Crippen LogP contribution in [0.1, 0.15) is 29.0 Å². The van der Waals surface area contributed by atoms with Crippen LogP contribution < -0.4 is 5.32 Å². The van der Waals surface area contributed by atoms with Gasteiger partial charge >= 0.3 is 0 Å². The number of aryl methyl sites for hydroxylation is 2. The molecule has 4 nitrogen and oxygen atoms in total. The Morgan fingerprint density at radius 3 is 2.74 bits per heavy atom. The first kappa shape index (κ1) is 13.7. The van der Waals surface area contributed by atoms with Gasteiger partial charge in [-0.3, -0.25) is 0 Å². The van der Waals surface area contributed by atoms with Gasteiger partial charge in [-0.05, 0) is 19.9 Å². The molecule has 0 aliphatic rings. The van der Waals surface area contributed by atoms with E-state index in [4.69, 9.17) is 4.42 Å². The third kappa shape index (κ3) is 3.39. The van der Waals surface area contributed by atoms with Crippen LogP contribution in [0.5, 0.6) is 0 Å². The van der Waals surface area contributed by atoms with E-state index in [2.05, 4.69) is 10.3 Å². The molecule has 2 N–H and O–H groups in total. The van der Waals surface area contributed by atoms with Gasteiger partial charge in [0.15, 0.2) is 0 Å². The van der Waals surface area contributed by atoms with Crippen molar-refractivity contribution in [2.45, 2.75) is 26.5 Å². The number of oxazole rings is 1. The average molecular weight is 264 g/mol. The number of benzene rings is 1. The van der Waals surface area contributed by atoms with Crippen molar-refractivity contribution in [3.05, 3.63) is 53.0 Å². The molecule has 0 aliphatic heterocycles. The molecule has 0 fully saturated rings. The molecule has 0 bridgehead atoms. The molecule has 0 saturated carbocycles. The lowest BCUT2D eigenvalue weighted by Crippen LogP contribution is -2.21. The van der Waals surface area contributed by atoms with Crippen molar-refractivity contribution in [3.63, 3.8) is 0 Å². The first-order valence-electron chi connectivity index (χ1n) is 6.14. The van der Waals surface area contributed by atoms with Crippen LogP contribution in [0.25, 0.3) is 0 Å². The van der Waals surface area contributed by atoms with Crippen molar-refractivity contribution in [2.75, 3.05) is 6.54 Å². The molecular formula is C14H17FN2O2. The SMILES string of the molecule is Cc1nc(CNCC(O)c2ccccc2F)oc1C. The largest absolute Gasteiger partial charge is 0.444 e. The topological polar surface area (TPSA) is 58.3 Å². The van der Waals surface area contributed by atoms with Crippen LogP contribution in [0.4, 0.5) is 4.39 Å². The van der Waals surface area contributed by atoms with E-state index in [1.165, 1.54) is 6.07 Å². The van der Waals surface area contributed by atoms with Gasteiger partial charge in [0, 0.05) is 12.1 Å². The minimum atomic E-state index is -0.890. The van der Waals surface area contributed by atoms with Crippen LogP contribution in [-0.4, -0.2) is 16.6 Å². The van der Waals surface area contributed by atoms with Gasteiger partial charge in [-0.2, -0.15) is 0 Å². The number of nitrogens with zero attached hydrogens (tertiary/aromatic N) is 1. The first-order chi connectivity index (χ1) is 9.08. The van der Waals surface area contributed by atoms with Crippen LogP contribution in [0.2, 0.25) is 0 Å². The number of nitrogens with one attached hydrogen (secondary N) is 1. The zero-order valence-electron chi connectivity index (χ0n) is 11.0. The van der Waals surface area contributed by atoms with Gasteiger partial charge in [0.1, 0.15) is 11.6 Å². The molecule has 102 valence electrons. The summed E-state index contributed by atoms with van der Waals surface area (Å²) in [5.41, 5.74) is 1.14. The van der Waals surface area contributed by atoms with E-state index in [0.29, 0.717) is 12.4 Å². The highest BCUT2D eigenvalue weighted by Crippen LogP contribution is 2.16. The Labute approximate surface area is 111 Å². The van der Waals surface area contributed by atoms with Crippen LogP contribution in [0.3, 0.4) is 0 Å². The van der Waals surface area contributed by atoms with Gasteiger partial charge in [-0.15, -0.1) is 0 Å². The summed E-state index contributed by atoms with van der Waals surface area (Å²) in [6.45, 7) is 4.36. The Bertz CT molecular complexity index is 535. The molecule has 19 heavy (non-hydrogen) atoms. The number of aliphatic hydroxyl groups is 1. The summed E-state index contributed by atoms with van der Waals surface area (Å²) in [7, 11) is 0. The molecule has 5 heteroatoms. The van der Waals surface area contributed by atoms with Gasteiger partial charge in [0.2, 0.25) is 5.89 Å². The summed E-state index contributed by atoms with van der Waals surface area (Å²) >= 11 is 0. The molecule has 0 aliphatic carbocycles. The lowest BCUT2D eigenvalue weighted by atomic mass is 10.1. The maximum atomic E-state index is 13.4. The minimum Gasteiger partial charge on any atom is -0.444 e. The van der Waals surface area contributed by atoms with Gasteiger partial charge in [0.05, 0.1) is 18.3 Å². The monoisotopic (exact) mass is 264 g/mol. The second-order valence-corrected chi connectivity index (χ2v) is 4.42. The third-order valence-corrected chi connectivity index (χ3v) is 2.95. The van der Waals surface area contributed by atoms with E-state index in [0.717, 1.165) is 11.5 Å². The summed E-state index contributed by atoms with van der Waals surface area (Å²) in [6, 6.07) is 6.19. The van der Waals surface area contributed by atoms with Crippen LogP contribution in [0.15, 0.2) is 28.7 Å². The Balaban J connectivity index is 1.87. The van der Waals surface area contributed by atoms with Crippen molar-refractivity contribution in [1.82, 2.24) is 10.3 Å². The van der Waals surface area contributed by atoms with Crippen molar-refractivity contribution < 1.29 is 13.9 Å². The van der Waals surface area contributed by atoms with E-state index in [1.807, 2.05) is 13.8 Å². The maximum absolute atomic E-state index is 13.4. The van der Waals surface area contributed by atoms with E-state index < -0.39 is 11.9 Å². The molecule has 1 aromatic heterocycles. The Morgan fingerprint density at radius 1 is 1.37 bits per heavy atom. The smallest absolute Gasteiger partial charge is 0.208 e. The highest BCUT2D eigenvalue weighted by molar-refractivity contribution is 5.20. The fourth-order valence-corrected chi connectivity index (χ4v) is 1.79. The molecule has 1 atom stereocenters. The molecule has 2 rings (SSSR count). The lowest BCUT2D eigenvalue weighted by Gasteiger charge is -2.12. The molecule has 2 aromatic rings. The Hall–Kier alpha value is -1.72. The molecule has 0 spiro atoms.